The van der Waals surface area contributed by atoms with Gasteiger partial charge in [-0.1, -0.05) is 24.3 Å². The highest BCUT2D eigenvalue weighted by Crippen LogP contribution is 2.26. The van der Waals surface area contributed by atoms with E-state index in [1.807, 2.05) is 24.3 Å². The Morgan fingerprint density at radius 2 is 2.07 bits per heavy atom. The predicted octanol–water partition coefficient (Wildman–Crippen LogP) is 3.35. The summed E-state index contributed by atoms with van der Waals surface area (Å²) in [6.45, 7) is 3.04. The number of carbonyl (C=O) groups excluding carboxylic acids is 1. The number of hydrogen-bond donors (Lipinski definition) is 1. The molecule has 0 aliphatic heterocycles. The second-order valence-electron chi connectivity index (χ2n) is 7.04. The van der Waals surface area contributed by atoms with Crippen molar-refractivity contribution in [1.29, 1.82) is 5.26 Å². The molecule has 0 heterocycles. The number of nitrogens with one attached hydrogen (secondary N) is 1. The van der Waals surface area contributed by atoms with E-state index in [4.69, 9.17) is 10.00 Å². The van der Waals surface area contributed by atoms with Crippen LogP contribution in [0.5, 0.6) is 5.75 Å². The minimum absolute atomic E-state index is 0.103. The molecule has 1 fully saturated rings. The first-order valence-electron chi connectivity index (χ1n) is 9.29. The Bertz CT molecular complexity index is 839. The van der Waals surface area contributed by atoms with Gasteiger partial charge in [-0.05, 0) is 51.1 Å². The molecule has 1 N–H and O–H groups in total. The van der Waals surface area contributed by atoms with E-state index in [0.717, 1.165) is 5.56 Å². The summed E-state index contributed by atoms with van der Waals surface area (Å²) in [6, 6.07) is 17.6. The van der Waals surface area contributed by atoms with Crippen LogP contribution in [0.3, 0.4) is 0 Å². The van der Waals surface area contributed by atoms with Gasteiger partial charge in [0.2, 0.25) is 0 Å². The van der Waals surface area contributed by atoms with Crippen LogP contribution in [0.1, 0.15) is 41.3 Å². The average Bonchev–Trinajstić information content (AvgIpc) is 3.55. The van der Waals surface area contributed by atoms with Crippen LogP contribution >= 0.6 is 0 Å². The standard InChI is InChI=1S/C22H25N3O2/c1-16(25(2)20-10-11-20)14-24-22(26)17-8-5-9-21(12-17)27-15-19-7-4-3-6-18(19)13-23/h3-9,12,16,20H,10-11,14-15H2,1-2H3,(H,24,26). The van der Waals surface area contributed by atoms with Crippen LogP contribution in [-0.4, -0.2) is 36.5 Å². The lowest BCUT2D eigenvalue weighted by Gasteiger charge is -2.24. The normalized spacial score (nSPS) is 14.4. The second kappa shape index (κ2) is 8.70. The molecule has 1 aliphatic carbocycles. The van der Waals surface area contributed by atoms with Gasteiger partial charge >= 0.3 is 0 Å². The molecule has 0 bridgehead atoms. The molecule has 5 nitrogen and oxygen atoms in total. The van der Waals surface area contributed by atoms with E-state index in [1.165, 1.54) is 12.8 Å². The van der Waals surface area contributed by atoms with Gasteiger partial charge < -0.3 is 10.1 Å². The van der Waals surface area contributed by atoms with Crippen molar-refractivity contribution in [3.63, 3.8) is 0 Å². The summed E-state index contributed by atoms with van der Waals surface area (Å²) in [5, 5.41) is 12.2. The van der Waals surface area contributed by atoms with Crippen LogP contribution in [0, 0.1) is 11.3 Å². The van der Waals surface area contributed by atoms with Gasteiger partial charge in [-0.15, -0.1) is 0 Å². The maximum Gasteiger partial charge on any atom is 0.251 e. The van der Waals surface area contributed by atoms with Gasteiger partial charge in [0.15, 0.2) is 0 Å². The van der Waals surface area contributed by atoms with Gasteiger partial charge in [0.1, 0.15) is 12.4 Å². The lowest BCUT2D eigenvalue weighted by Crippen LogP contribution is -2.41. The van der Waals surface area contributed by atoms with E-state index in [9.17, 15) is 4.79 Å². The summed E-state index contributed by atoms with van der Waals surface area (Å²) in [6.07, 6.45) is 2.51. The monoisotopic (exact) mass is 363 g/mol. The van der Waals surface area contributed by atoms with Gasteiger partial charge in [0.05, 0.1) is 11.6 Å². The van der Waals surface area contributed by atoms with E-state index in [-0.39, 0.29) is 12.5 Å². The first kappa shape index (κ1) is 18.9. The van der Waals surface area contributed by atoms with Crippen molar-refractivity contribution in [3.05, 3.63) is 65.2 Å². The van der Waals surface area contributed by atoms with Gasteiger partial charge in [-0.3, -0.25) is 9.69 Å². The van der Waals surface area contributed by atoms with Crippen LogP contribution in [0.25, 0.3) is 0 Å². The van der Waals surface area contributed by atoms with E-state index in [2.05, 4.69) is 30.3 Å². The molecule has 0 spiro atoms. The smallest absolute Gasteiger partial charge is 0.251 e. The Morgan fingerprint density at radius 1 is 1.30 bits per heavy atom. The molecule has 27 heavy (non-hydrogen) atoms. The number of likely N-dealkylation sites (N-methyl/N-ethyl adjacent to an activating group) is 1. The third kappa shape index (κ3) is 5.08. The molecule has 1 atom stereocenters. The molecular formula is C22H25N3O2. The zero-order valence-electron chi connectivity index (χ0n) is 15.8. The molecule has 1 saturated carbocycles. The van der Waals surface area contributed by atoms with Gasteiger partial charge in [0, 0.05) is 29.8 Å². The van der Waals surface area contributed by atoms with Crippen molar-refractivity contribution in [1.82, 2.24) is 10.2 Å². The fourth-order valence-electron chi connectivity index (χ4n) is 2.97. The van der Waals surface area contributed by atoms with Crippen molar-refractivity contribution in [2.75, 3.05) is 13.6 Å². The highest BCUT2D eigenvalue weighted by molar-refractivity contribution is 5.94. The second-order valence-corrected chi connectivity index (χ2v) is 7.04. The quantitative estimate of drug-likeness (QED) is 0.781. The Kier molecular flexibility index (Phi) is 6.10. The Hall–Kier alpha value is -2.84. The minimum Gasteiger partial charge on any atom is -0.489 e. The van der Waals surface area contributed by atoms with Crippen molar-refractivity contribution >= 4 is 5.91 Å². The van der Waals surface area contributed by atoms with Crippen LogP contribution in [0.2, 0.25) is 0 Å². The molecule has 5 heteroatoms. The lowest BCUT2D eigenvalue weighted by molar-refractivity contribution is 0.0939. The average molecular weight is 363 g/mol. The Balaban J connectivity index is 1.56. The number of benzene rings is 2. The molecule has 0 saturated heterocycles. The van der Waals surface area contributed by atoms with Gasteiger partial charge in [0.25, 0.3) is 5.91 Å². The fraction of sp³-hybridized carbons (Fsp3) is 0.364. The zero-order valence-corrected chi connectivity index (χ0v) is 15.8. The van der Waals surface area contributed by atoms with E-state index in [0.29, 0.717) is 35.5 Å². The van der Waals surface area contributed by atoms with Crippen molar-refractivity contribution in [3.8, 4) is 11.8 Å². The fourth-order valence-corrected chi connectivity index (χ4v) is 2.97. The number of nitriles is 1. The highest BCUT2D eigenvalue weighted by Gasteiger charge is 2.29. The maximum atomic E-state index is 12.5. The first-order valence-corrected chi connectivity index (χ1v) is 9.29. The Labute approximate surface area is 160 Å². The summed E-state index contributed by atoms with van der Waals surface area (Å²) in [4.78, 5) is 14.8. The lowest BCUT2D eigenvalue weighted by atomic mass is 10.1. The highest BCUT2D eigenvalue weighted by atomic mass is 16.5. The van der Waals surface area contributed by atoms with E-state index >= 15 is 0 Å². The number of carbonyl (C=O) groups is 1. The molecule has 1 aliphatic rings. The predicted molar refractivity (Wildman–Crippen MR) is 105 cm³/mol. The minimum atomic E-state index is -0.103. The summed E-state index contributed by atoms with van der Waals surface area (Å²) in [7, 11) is 2.11. The summed E-state index contributed by atoms with van der Waals surface area (Å²) >= 11 is 0. The van der Waals surface area contributed by atoms with E-state index < -0.39 is 0 Å². The molecule has 0 radical (unpaired) electrons. The number of rotatable bonds is 8. The van der Waals surface area contributed by atoms with E-state index in [1.54, 1.807) is 24.3 Å². The number of nitrogens with zero attached hydrogens (tertiary/aromatic N) is 2. The molecular weight excluding hydrogens is 338 g/mol. The molecule has 2 aromatic carbocycles. The van der Waals surface area contributed by atoms with Crippen LogP contribution in [0.15, 0.2) is 48.5 Å². The first-order chi connectivity index (χ1) is 13.1. The summed E-state index contributed by atoms with van der Waals surface area (Å²) in [5.41, 5.74) is 1.99. The molecule has 1 amide bonds. The molecule has 2 aromatic rings. The van der Waals surface area contributed by atoms with Gasteiger partial charge in [-0.25, -0.2) is 0 Å². The summed E-state index contributed by atoms with van der Waals surface area (Å²) < 4.78 is 5.79. The third-order valence-corrected chi connectivity index (χ3v) is 5.00. The summed E-state index contributed by atoms with van der Waals surface area (Å²) in [5.74, 6) is 0.507. The van der Waals surface area contributed by atoms with Gasteiger partial charge in [-0.2, -0.15) is 5.26 Å². The molecule has 140 valence electrons. The number of hydrogen-bond acceptors (Lipinski definition) is 4. The SMILES string of the molecule is CC(CNC(=O)c1cccc(OCc2ccccc2C#N)c1)N(C)C1CC1. The number of ether oxygens (including phenoxy) is 1. The number of amides is 1. The Morgan fingerprint density at radius 3 is 2.81 bits per heavy atom. The maximum absolute atomic E-state index is 12.5. The topological polar surface area (TPSA) is 65.4 Å². The van der Waals surface area contributed by atoms with Crippen LogP contribution in [-0.2, 0) is 6.61 Å². The van der Waals surface area contributed by atoms with Crippen molar-refractivity contribution < 1.29 is 9.53 Å². The van der Waals surface area contributed by atoms with Crippen molar-refractivity contribution in [2.45, 2.75) is 38.5 Å². The third-order valence-electron chi connectivity index (χ3n) is 5.00. The largest absolute Gasteiger partial charge is 0.489 e. The zero-order chi connectivity index (χ0) is 19.2. The van der Waals surface area contributed by atoms with Crippen LogP contribution < -0.4 is 10.1 Å². The molecule has 1 unspecified atom stereocenters. The molecule has 3 rings (SSSR count). The van der Waals surface area contributed by atoms with Crippen molar-refractivity contribution in [2.24, 2.45) is 0 Å². The van der Waals surface area contributed by atoms with Crippen LogP contribution in [0.4, 0.5) is 0 Å². The molecule has 0 aromatic heterocycles.